The zero-order valence-electron chi connectivity index (χ0n) is 11.8. The van der Waals surface area contributed by atoms with Gasteiger partial charge in [-0.25, -0.2) is 0 Å². The summed E-state index contributed by atoms with van der Waals surface area (Å²) in [7, 11) is 1.91. The summed E-state index contributed by atoms with van der Waals surface area (Å²) in [6.45, 7) is 5.95. The number of nitrogens with zero attached hydrogens (tertiary/aromatic N) is 5. The Morgan fingerprint density at radius 3 is 2.95 bits per heavy atom. The zero-order chi connectivity index (χ0) is 14.5. The molecule has 2 heterocycles. The van der Waals surface area contributed by atoms with Crippen molar-refractivity contribution < 1.29 is 4.79 Å². The minimum Gasteiger partial charge on any atom is -0.299 e. The van der Waals surface area contributed by atoms with Crippen molar-refractivity contribution in [1.82, 2.24) is 24.9 Å². The molecule has 0 aliphatic rings. The summed E-state index contributed by atoms with van der Waals surface area (Å²) in [4.78, 5) is 13.8. The molecule has 0 saturated heterocycles. The first-order chi connectivity index (χ1) is 9.60. The smallest absolute Gasteiger partial charge is 0.240 e. The van der Waals surface area contributed by atoms with Crippen LogP contribution in [0.5, 0.6) is 0 Å². The fourth-order valence-electron chi connectivity index (χ4n) is 1.94. The first-order valence-corrected chi connectivity index (χ1v) is 7.24. The second-order valence-corrected chi connectivity index (χ2v) is 5.37. The van der Waals surface area contributed by atoms with Gasteiger partial charge in [-0.3, -0.25) is 19.7 Å². The highest BCUT2D eigenvalue weighted by atomic mass is 32.1. The van der Waals surface area contributed by atoms with Gasteiger partial charge in [0.1, 0.15) is 5.51 Å². The largest absolute Gasteiger partial charge is 0.299 e. The summed E-state index contributed by atoms with van der Waals surface area (Å²) >= 11 is 1.31. The van der Waals surface area contributed by atoms with Crippen molar-refractivity contribution in [2.24, 2.45) is 0 Å². The second kappa shape index (κ2) is 6.58. The highest BCUT2D eigenvalue weighted by molar-refractivity contribution is 7.13. The molecule has 0 unspecified atom stereocenters. The standard InChI is InChI=1S/C12H18N6OS/c1-4-18-9(2)10(5-14-18)6-17(3)7-11(19)15-12-16-13-8-20-12/h5,8H,4,6-7H2,1-3H3,(H,15,16,19). The monoisotopic (exact) mass is 294 g/mol. The minimum absolute atomic E-state index is 0.0928. The predicted molar refractivity (Wildman–Crippen MR) is 77.5 cm³/mol. The number of nitrogens with one attached hydrogen (secondary N) is 1. The van der Waals surface area contributed by atoms with Gasteiger partial charge in [-0.15, -0.1) is 10.2 Å². The molecule has 2 aromatic heterocycles. The van der Waals surface area contributed by atoms with E-state index in [1.807, 2.05) is 29.7 Å². The Hall–Kier alpha value is -1.80. The number of likely N-dealkylation sites (N-methyl/N-ethyl adjacent to an activating group) is 1. The predicted octanol–water partition coefficient (Wildman–Crippen LogP) is 1.13. The molecule has 2 rings (SSSR count). The van der Waals surface area contributed by atoms with Crippen LogP contribution < -0.4 is 5.32 Å². The Morgan fingerprint density at radius 1 is 1.55 bits per heavy atom. The summed E-state index contributed by atoms with van der Waals surface area (Å²) in [6, 6.07) is 0. The van der Waals surface area contributed by atoms with Gasteiger partial charge >= 0.3 is 0 Å². The third kappa shape index (κ3) is 3.61. The van der Waals surface area contributed by atoms with Crippen LogP contribution in [0.15, 0.2) is 11.7 Å². The normalized spacial score (nSPS) is 11.0. The number of amides is 1. The van der Waals surface area contributed by atoms with Gasteiger partial charge in [0, 0.05) is 24.3 Å². The van der Waals surface area contributed by atoms with E-state index in [0.29, 0.717) is 18.2 Å². The fraction of sp³-hybridized carbons (Fsp3) is 0.500. The average molecular weight is 294 g/mol. The van der Waals surface area contributed by atoms with E-state index in [9.17, 15) is 4.79 Å². The quantitative estimate of drug-likeness (QED) is 0.864. The van der Waals surface area contributed by atoms with Crippen molar-refractivity contribution in [2.45, 2.75) is 26.9 Å². The Bertz CT molecular complexity index is 565. The molecule has 1 N–H and O–H groups in total. The van der Waals surface area contributed by atoms with E-state index in [1.165, 1.54) is 11.3 Å². The van der Waals surface area contributed by atoms with Gasteiger partial charge in [0.2, 0.25) is 11.0 Å². The third-order valence-corrected chi connectivity index (χ3v) is 3.57. The highest BCUT2D eigenvalue weighted by Gasteiger charge is 2.12. The van der Waals surface area contributed by atoms with Crippen molar-refractivity contribution >= 4 is 22.4 Å². The highest BCUT2D eigenvalue weighted by Crippen LogP contribution is 2.10. The molecule has 108 valence electrons. The van der Waals surface area contributed by atoms with E-state index < -0.39 is 0 Å². The SMILES string of the molecule is CCn1ncc(CN(C)CC(=O)Nc2nncs2)c1C. The second-order valence-electron chi connectivity index (χ2n) is 4.54. The van der Waals surface area contributed by atoms with Crippen LogP contribution in [0.3, 0.4) is 0 Å². The first kappa shape index (κ1) is 14.6. The van der Waals surface area contributed by atoms with E-state index in [2.05, 4.69) is 27.5 Å². The lowest BCUT2D eigenvalue weighted by molar-refractivity contribution is -0.117. The van der Waals surface area contributed by atoms with Crippen LogP contribution in [-0.2, 0) is 17.9 Å². The van der Waals surface area contributed by atoms with E-state index in [4.69, 9.17) is 0 Å². The maximum atomic E-state index is 11.8. The molecule has 0 fully saturated rings. The van der Waals surface area contributed by atoms with E-state index in [0.717, 1.165) is 17.8 Å². The van der Waals surface area contributed by atoms with Gasteiger partial charge in [-0.2, -0.15) is 5.10 Å². The molecule has 7 nitrogen and oxygen atoms in total. The number of hydrogen-bond acceptors (Lipinski definition) is 6. The molecular formula is C12H18N6OS. The molecule has 8 heteroatoms. The zero-order valence-corrected chi connectivity index (χ0v) is 12.6. The van der Waals surface area contributed by atoms with Crippen LogP contribution in [0, 0.1) is 6.92 Å². The molecule has 0 spiro atoms. The van der Waals surface area contributed by atoms with Gasteiger partial charge in [0.25, 0.3) is 0 Å². The molecule has 1 amide bonds. The number of hydrogen-bond donors (Lipinski definition) is 1. The molecule has 0 atom stereocenters. The van der Waals surface area contributed by atoms with Gasteiger partial charge in [-0.05, 0) is 20.9 Å². The molecule has 0 saturated carbocycles. The molecule has 0 bridgehead atoms. The number of aryl methyl sites for hydroxylation is 1. The lowest BCUT2D eigenvalue weighted by Gasteiger charge is -2.15. The number of carbonyl (C=O) groups is 1. The molecule has 0 aliphatic carbocycles. The summed E-state index contributed by atoms with van der Waals surface area (Å²) < 4.78 is 1.95. The van der Waals surface area contributed by atoms with Crippen molar-refractivity contribution in [3.8, 4) is 0 Å². The molecule has 2 aromatic rings. The van der Waals surface area contributed by atoms with Gasteiger partial charge in [0.05, 0.1) is 12.7 Å². The van der Waals surface area contributed by atoms with Crippen molar-refractivity contribution in [1.29, 1.82) is 0 Å². The maximum Gasteiger partial charge on any atom is 0.240 e. The molecule has 0 aromatic carbocycles. The van der Waals surface area contributed by atoms with Crippen molar-refractivity contribution in [3.63, 3.8) is 0 Å². The van der Waals surface area contributed by atoms with Crippen molar-refractivity contribution in [2.75, 3.05) is 18.9 Å². The molecule has 0 radical (unpaired) electrons. The maximum absolute atomic E-state index is 11.8. The molecule has 20 heavy (non-hydrogen) atoms. The number of rotatable bonds is 6. The van der Waals surface area contributed by atoms with Crippen molar-refractivity contribution in [3.05, 3.63) is 23.0 Å². The van der Waals surface area contributed by atoms with Crippen LogP contribution >= 0.6 is 11.3 Å². The van der Waals surface area contributed by atoms with Gasteiger partial charge < -0.3 is 0 Å². The minimum atomic E-state index is -0.0928. The number of aromatic nitrogens is 4. The fourth-order valence-corrected chi connectivity index (χ4v) is 2.40. The van der Waals surface area contributed by atoms with E-state index >= 15 is 0 Å². The first-order valence-electron chi connectivity index (χ1n) is 6.36. The van der Waals surface area contributed by atoms with Crippen LogP contribution in [0.4, 0.5) is 5.13 Å². The van der Waals surface area contributed by atoms with Gasteiger partial charge in [-0.1, -0.05) is 11.3 Å². The Morgan fingerprint density at radius 2 is 2.35 bits per heavy atom. The molecule has 0 aliphatic heterocycles. The van der Waals surface area contributed by atoms with Gasteiger partial charge in [0.15, 0.2) is 0 Å². The number of anilines is 1. The van der Waals surface area contributed by atoms with E-state index in [1.54, 1.807) is 5.51 Å². The third-order valence-electron chi connectivity index (χ3n) is 2.96. The number of carbonyl (C=O) groups excluding carboxylic acids is 1. The summed E-state index contributed by atoms with van der Waals surface area (Å²) in [5.74, 6) is -0.0928. The summed E-state index contributed by atoms with van der Waals surface area (Å²) in [6.07, 6.45) is 1.86. The average Bonchev–Trinajstić information content (AvgIpc) is 3.00. The summed E-state index contributed by atoms with van der Waals surface area (Å²) in [5.41, 5.74) is 3.86. The Balaban J connectivity index is 1.87. The van der Waals surface area contributed by atoms with Crippen LogP contribution in [-0.4, -0.2) is 44.4 Å². The molecular weight excluding hydrogens is 276 g/mol. The van der Waals surface area contributed by atoms with E-state index in [-0.39, 0.29) is 5.91 Å². The lowest BCUT2D eigenvalue weighted by atomic mass is 10.2. The topological polar surface area (TPSA) is 75.9 Å². The Labute approximate surface area is 121 Å². The van der Waals surface area contributed by atoms with Crippen LogP contribution in [0.25, 0.3) is 0 Å². The lowest BCUT2D eigenvalue weighted by Crippen LogP contribution is -2.30. The summed E-state index contributed by atoms with van der Waals surface area (Å²) in [5, 5.41) is 15.0. The Kier molecular flexibility index (Phi) is 4.80. The van der Waals surface area contributed by atoms with Crippen LogP contribution in [0.1, 0.15) is 18.2 Å². The van der Waals surface area contributed by atoms with Crippen LogP contribution in [0.2, 0.25) is 0 Å².